The molecular formula is C26H33NO4SSi. The summed E-state index contributed by atoms with van der Waals surface area (Å²) in [6.07, 6.45) is 1.41. The number of thioether (sulfide) groups is 1. The van der Waals surface area contributed by atoms with Gasteiger partial charge in [0, 0.05) is 18.6 Å². The summed E-state index contributed by atoms with van der Waals surface area (Å²) in [6, 6.07) is 20.7. The summed E-state index contributed by atoms with van der Waals surface area (Å²) < 4.78 is 11.6. The van der Waals surface area contributed by atoms with Crippen LogP contribution in [0.3, 0.4) is 0 Å². The Morgan fingerprint density at radius 2 is 1.67 bits per heavy atom. The zero-order valence-corrected chi connectivity index (χ0v) is 21.7. The van der Waals surface area contributed by atoms with E-state index in [1.165, 1.54) is 28.2 Å². The number of amides is 1. The van der Waals surface area contributed by atoms with Gasteiger partial charge in [0.2, 0.25) is 14.9 Å². The molecule has 0 aromatic heterocycles. The molecule has 3 atom stereocenters. The smallest absolute Gasteiger partial charge is 0.331 e. The number of ether oxygens (including phenoxy) is 1. The summed E-state index contributed by atoms with van der Waals surface area (Å²) in [6.45, 7) is 9.09. The quantitative estimate of drug-likeness (QED) is 0.244. The number of benzene rings is 2. The Labute approximate surface area is 202 Å². The second kappa shape index (κ2) is 11.7. The Balaban J connectivity index is 1.75. The van der Waals surface area contributed by atoms with Gasteiger partial charge in [-0.2, -0.15) is 0 Å². The van der Waals surface area contributed by atoms with Crippen LogP contribution >= 0.6 is 11.8 Å². The lowest BCUT2D eigenvalue weighted by atomic mass is 9.71. The molecule has 0 bridgehead atoms. The average molecular weight is 484 g/mol. The molecule has 33 heavy (non-hydrogen) atoms. The average Bonchev–Trinajstić information content (AvgIpc) is 2.78. The van der Waals surface area contributed by atoms with Crippen LogP contribution in [0, 0.1) is 17.3 Å². The van der Waals surface area contributed by atoms with E-state index in [-0.39, 0.29) is 34.5 Å². The number of hydrogen-bond acceptors (Lipinski definition) is 5. The van der Waals surface area contributed by atoms with Crippen molar-refractivity contribution in [1.29, 1.82) is 0 Å². The fraction of sp³-hybridized carbons (Fsp3) is 0.385. The summed E-state index contributed by atoms with van der Waals surface area (Å²) in [5.41, 5.74) is -0.127. The Morgan fingerprint density at radius 3 is 2.15 bits per heavy atom. The lowest BCUT2D eigenvalue weighted by Gasteiger charge is -2.46. The highest BCUT2D eigenvalue weighted by Crippen LogP contribution is 2.41. The SMILES string of the molecule is CCOC(=O)C=CSC1NC(=O)C1C(CO[SiH](c1ccccc1)c1ccccc1)C(C)(C)C. The molecule has 176 valence electrons. The highest BCUT2D eigenvalue weighted by Gasteiger charge is 2.48. The minimum absolute atomic E-state index is 0.0298. The molecule has 2 aromatic rings. The molecule has 1 aliphatic heterocycles. The molecule has 1 aliphatic rings. The summed E-state index contributed by atoms with van der Waals surface area (Å²) in [4.78, 5) is 24.2. The van der Waals surface area contributed by atoms with Crippen LogP contribution in [0.5, 0.6) is 0 Å². The van der Waals surface area contributed by atoms with E-state index < -0.39 is 9.04 Å². The molecule has 1 fully saturated rings. The van der Waals surface area contributed by atoms with Gasteiger partial charge in [-0.25, -0.2) is 4.79 Å². The number of hydrogen-bond donors (Lipinski definition) is 1. The fourth-order valence-corrected chi connectivity index (χ4v) is 7.32. The van der Waals surface area contributed by atoms with E-state index in [0.717, 1.165) is 0 Å². The molecule has 7 heteroatoms. The molecule has 0 aliphatic carbocycles. The number of carbonyl (C=O) groups excluding carboxylic acids is 2. The van der Waals surface area contributed by atoms with Crippen molar-refractivity contribution in [2.24, 2.45) is 17.3 Å². The molecular weight excluding hydrogens is 450 g/mol. The third kappa shape index (κ3) is 6.82. The maximum atomic E-state index is 12.6. The first-order valence-corrected chi connectivity index (χ1v) is 13.9. The standard InChI is InChI=1S/C26H33NO4SSi/c1-5-30-22(28)16-17-32-25-23(24(29)27-25)21(26(2,3)4)18-31-33(19-12-8-6-9-13-19)20-14-10-7-11-15-20/h6-17,21,23,25,33H,5,18H2,1-4H3,(H,27,29). The second-order valence-corrected chi connectivity index (χ2v) is 12.6. The third-order valence-corrected chi connectivity index (χ3v) is 9.33. The summed E-state index contributed by atoms with van der Waals surface area (Å²) in [7, 11) is -1.90. The van der Waals surface area contributed by atoms with Gasteiger partial charge in [0.1, 0.15) is 0 Å². The van der Waals surface area contributed by atoms with Crippen molar-refractivity contribution in [3.05, 3.63) is 72.1 Å². The molecule has 0 radical (unpaired) electrons. The van der Waals surface area contributed by atoms with Crippen molar-refractivity contribution in [2.75, 3.05) is 13.2 Å². The zero-order valence-electron chi connectivity index (χ0n) is 19.7. The van der Waals surface area contributed by atoms with E-state index >= 15 is 0 Å². The van der Waals surface area contributed by atoms with Gasteiger partial charge in [-0.15, -0.1) is 11.8 Å². The Kier molecular flexibility index (Phi) is 8.94. The first kappa shape index (κ1) is 25.3. The maximum Gasteiger partial charge on any atom is 0.331 e. The topological polar surface area (TPSA) is 64.6 Å². The van der Waals surface area contributed by atoms with Crippen molar-refractivity contribution in [3.63, 3.8) is 0 Å². The van der Waals surface area contributed by atoms with Crippen molar-refractivity contribution < 1.29 is 18.8 Å². The van der Waals surface area contributed by atoms with Crippen LogP contribution < -0.4 is 15.7 Å². The molecule has 5 nitrogen and oxygen atoms in total. The van der Waals surface area contributed by atoms with Crippen molar-refractivity contribution >= 4 is 43.1 Å². The van der Waals surface area contributed by atoms with E-state index in [4.69, 9.17) is 9.16 Å². The van der Waals surface area contributed by atoms with E-state index in [9.17, 15) is 9.59 Å². The van der Waals surface area contributed by atoms with Gasteiger partial charge >= 0.3 is 5.97 Å². The Morgan fingerprint density at radius 1 is 1.09 bits per heavy atom. The lowest BCUT2D eigenvalue weighted by Crippen LogP contribution is -2.62. The third-order valence-electron chi connectivity index (χ3n) is 5.82. The van der Waals surface area contributed by atoms with E-state index in [2.05, 4.69) is 50.4 Å². The molecule has 1 heterocycles. The van der Waals surface area contributed by atoms with Crippen LogP contribution in [0.25, 0.3) is 0 Å². The van der Waals surface area contributed by atoms with Crippen molar-refractivity contribution in [3.8, 4) is 0 Å². The molecule has 2 aromatic carbocycles. The van der Waals surface area contributed by atoms with Gasteiger partial charge in [-0.1, -0.05) is 81.4 Å². The Hall–Kier alpha value is -2.35. The fourth-order valence-electron chi connectivity index (χ4n) is 3.98. The summed E-state index contributed by atoms with van der Waals surface area (Å²) in [5.74, 6) is -0.495. The second-order valence-electron chi connectivity index (χ2n) is 9.15. The first-order chi connectivity index (χ1) is 15.8. The van der Waals surface area contributed by atoms with Gasteiger partial charge in [0.25, 0.3) is 0 Å². The zero-order chi connectivity index (χ0) is 23.8. The number of β-lactam (4-membered cyclic amide) rings is 1. The predicted molar refractivity (Wildman–Crippen MR) is 137 cm³/mol. The number of carbonyl (C=O) groups is 2. The molecule has 1 saturated heterocycles. The molecule has 0 spiro atoms. The van der Waals surface area contributed by atoms with Crippen LogP contribution in [0.2, 0.25) is 0 Å². The van der Waals surface area contributed by atoms with Gasteiger partial charge in [0.15, 0.2) is 0 Å². The summed E-state index contributed by atoms with van der Waals surface area (Å²) in [5, 5.41) is 7.04. The molecule has 1 N–H and O–H groups in total. The normalized spacial score (nSPS) is 19.2. The van der Waals surface area contributed by atoms with E-state index in [1.807, 2.05) is 36.4 Å². The van der Waals surface area contributed by atoms with Crippen LogP contribution in [0.1, 0.15) is 27.7 Å². The monoisotopic (exact) mass is 483 g/mol. The molecule has 0 saturated carbocycles. The van der Waals surface area contributed by atoms with Crippen molar-refractivity contribution in [2.45, 2.75) is 33.1 Å². The molecule has 3 rings (SSSR count). The number of rotatable bonds is 10. The minimum Gasteiger partial charge on any atom is -0.463 e. The van der Waals surface area contributed by atoms with Gasteiger partial charge in [0.05, 0.1) is 17.9 Å². The maximum absolute atomic E-state index is 12.6. The highest BCUT2D eigenvalue weighted by molar-refractivity contribution is 8.02. The predicted octanol–water partition coefficient (Wildman–Crippen LogP) is 3.09. The number of esters is 1. The van der Waals surface area contributed by atoms with Gasteiger partial charge in [-0.3, -0.25) is 4.79 Å². The van der Waals surface area contributed by atoms with Gasteiger partial charge in [-0.05, 0) is 28.1 Å². The number of nitrogens with one attached hydrogen (secondary N) is 1. The molecule has 1 amide bonds. The van der Waals surface area contributed by atoms with Crippen LogP contribution in [0.4, 0.5) is 0 Å². The van der Waals surface area contributed by atoms with Gasteiger partial charge < -0.3 is 14.5 Å². The van der Waals surface area contributed by atoms with E-state index in [1.54, 1.807) is 12.3 Å². The van der Waals surface area contributed by atoms with Crippen LogP contribution in [-0.2, 0) is 18.8 Å². The largest absolute Gasteiger partial charge is 0.463 e. The Bertz CT molecular complexity index is 906. The minimum atomic E-state index is -1.90. The first-order valence-electron chi connectivity index (χ1n) is 11.3. The highest BCUT2D eigenvalue weighted by atomic mass is 32.2. The van der Waals surface area contributed by atoms with Crippen LogP contribution in [-0.4, -0.2) is 39.5 Å². The van der Waals surface area contributed by atoms with Crippen LogP contribution in [0.15, 0.2) is 72.1 Å². The molecule has 3 unspecified atom stereocenters. The van der Waals surface area contributed by atoms with E-state index in [0.29, 0.717) is 13.2 Å². The summed E-state index contributed by atoms with van der Waals surface area (Å²) >= 11 is 1.44. The lowest BCUT2D eigenvalue weighted by molar-refractivity contribution is -0.138. The van der Waals surface area contributed by atoms with Crippen molar-refractivity contribution in [1.82, 2.24) is 5.32 Å².